The molecule has 2 heterocycles. The third-order valence-corrected chi connectivity index (χ3v) is 3.96. The Balaban J connectivity index is 1.90. The van der Waals surface area contributed by atoms with Crippen LogP contribution in [0.2, 0.25) is 5.02 Å². The fourth-order valence-electron chi connectivity index (χ4n) is 2.37. The van der Waals surface area contributed by atoms with Gasteiger partial charge < -0.3 is 21.1 Å². The lowest BCUT2D eigenvalue weighted by molar-refractivity contribution is -0.122. The maximum Gasteiger partial charge on any atom is 0.257 e. The summed E-state index contributed by atoms with van der Waals surface area (Å²) >= 11 is 6.22. The van der Waals surface area contributed by atoms with Crippen molar-refractivity contribution < 1.29 is 14.3 Å². The molecule has 0 fully saturated rings. The van der Waals surface area contributed by atoms with Crippen LogP contribution in [0.25, 0.3) is 5.52 Å². The second kappa shape index (κ2) is 7.32. The van der Waals surface area contributed by atoms with Gasteiger partial charge in [-0.2, -0.15) is 5.10 Å². The van der Waals surface area contributed by atoms with Crippen molar-refractivity contribution >= 4 is 40.3 Å². The Bertz CT molecular complexity index is 986. The molecule has 3 aromatic rings. The molecule has 1 aromatic carbocycles. The topological polar surface area (TPSA) is 111 Å². The number of benzene rings is 1. The molecule has 0 atom stereocenters. The smallest absolute Gasteiger partial charge is 0.257 e. The van der Waals surface area contributed by atoms with Gasteiger partial charge in [0.15, 0.2) is 6.61 Å². The summed E-state index contributed by atoms with van der Waals surface area (Å²) in [5, 5.41) is 10.1. The van der Waals surface area contributed by atoms with E-state index in [1.165, 1.54) is 13.2 Å². The highest BCUT2D eigenvalue weighted by molar-refractivity contribution is 6.32. The van der Waals surface area contributed by atoms with Crippen molar-refractivity contribution in [2.45, 2.75) is 0 Å². The van der Waals surface area contributed by atoms with E-state index in [1.807, 2.05) is 6.07 Å². The molecule has 0 saturated heterocycles. The maximum absolute atomic E-state index is 11.7. The molecule has 0 aliphatic carbocycles. The fraction of sp³-hybridized carbons (Fsp3) is 0.118. The summed E-state index contributed by atoms with van der Waals surface area (Å²) in [5.74, 6) is -0.486. The predicted octanol–water partition coefficient (Wildman–Crippen LogP) is 1.95. The normalized spacial score (nSPS) is 10.5. The molecular weight excluding hydrogens is 358 g/mol. The minimum Gasteiger partial charge on any atom is -0.482 e. The summed E-state index contributed by atoms with van der Waals surface area (Å²) in [6.07, 6.45) is 3.16. The number of rotatable bonds is 6. The molecule has 2 aromatic heterocycles. The highest BCUT2D eigenvalue weighted by Gasteiger charge is 2.14. The monoisotopic (exact) mass is 373 g/mol. The molecule has 8 nitrogen and oxygen atoms in total. The molecule has 0 spiro atoms. The van der Waals surface area contributed by atoms with Crippen molar-refractivity contribution in [1.29, 1.82) is 0 Å². The number of amides is 2. The second-order valence-electron chi connectivity index (χ2n) is 5.37. The Hall–Kier alpha value is -3.26. The van der Waals surface area contributed by atoms with Crippen LogP contribution in [0.4, 0.5) is 11.4 Å². The number of primary amides is 1. The van der Waals surface area contributed by atoms with Crippen LogP contribution >= 0.6 is 11.6 Å². The van der Waals surface area contributed by atoms with E-state index in [1.54, 1.807) is 35.0 Å². The highest BCUT2D eigenvalue weighted by atomic mass is 35.5. The molecule has 0 unspecified atom stereocenters. The van der Waals surface area contributed by atoms with E-state index in [2.05, 4.69) is 15.7 Å². The number of carbonyl (C=O) groups is 2. The zero-order chi connectivity index (χ0) is 18.7. The molecule has 0 aliphatic rings. The molecule has 4 N–H and O–H groups in total. The Morgan fingerprint density at radius 1 is 1.35 bits per heavy atom. The Morgan fingerprint density at radius 3 is 2.85 bits per heavy atom. The zero-order valence-electron chi connectivity index (χ0n) is 13.8. The van der Waals surface area contributed by atoms with E-state index in [-0.39, 0.29) is 18.1 Å². The third kappa shape index (κ3) is 3.55. The summed E-state index contributed by atoms with van der Waals surface area (Å²) in [5.41, 5.74) is 7.54. The van der Waals surface area contributed by atoms with Gasteiger partial charge in [0, 0.05) is 18.9 Å². The number of nitrogens with one attached hydrogen (secondary N) is 2. The van der Waals surface area contributed by atoms with Crippen LogP contribution in [0.5, 0.6) is 5.75 Å². The largest absolute Gasteiger partial charge is 0.482 e. The Kier molecular flexibility index (Phi) is 4.94. The minimum absolute atomic E-state index is 0.135. The summed E-state index contributed by atoms with van der Waals surface area (Å²) in [7, 11) is 1.52. The molecule has 0 aliphatic heterocycles. The molecule has 26 heavy (non-hydrogen) atoms. The number of hydrogen-bond donors (Lipinski definition) is 3. The van der Waals surface area contributed by atoms with Gasteiger partial charge in [0.2, 0.25) is 0 Å². The van der Waals surface area contributed by atoms with Crippen LogP contribution in [-0.2, 0) is 4.79 Å². The van der Waals surface area contributed by atoms with Crippen molar-refractivity contribution in [2.75, 3.05) is 19.0 Å². The molecule has 134 valence electrons. The second-order valence-corrected chi connectivity index (χ2v) is 5.77. The average Bonchev–Trinajstić information content (AvgIpc) is 3.10. The van der Waals surface area contributed by atoms with Crippen LogP contribution in [-0.4, -0.2) is 35.1 Å². The minimum atomic E-state index is -0.597. The number of fused-ring (bicyclic) bond motifs is 1. The molecule has 0 radical (unpaired) electrons. The lowest BCUT2D eigenvalue weighted by Crippen LogP contribution is -2.24. The Labute approximate surface area is 153 Å². The SMILES string of the molecule is CNC(=O)COc1ccc(Nc2c(C(N)=O)cnn3cccc23)cc1Cl. The summed E-state index contributed by atoms with van der Waals surface area (Å²) in [6, 6.07) is 8.60. The first kappa shape index (κ1) is 17.6. The van der Waals surface area contributed by atoms with E-state index in [9.17, 15) is 9.59 Å². The van der Waals surface area contributed by atoms with Gasteiger partial charge in [-0.25, -0.2) is 4.52 Å². The molecule has 0 bridgehead atoms. The molecule has 3 rings (SSSR count). The van der Waals surface area contributed by atoms with Crippen molar-refractivity contribution in [3.05, 3.63) is 53.3 Å². The first-order chi connectivity index (χ1) is 12.5. The van der Waals surface area contributed by atoms with Crippen molar-refractivity contribution in [3.63, 3.8) is 0 Å². The first-order valence-corrected chi connectivity index (χ1v) is 8.03. The van der Waals surface area contributed by atoms with Gasteiger partial charge in [-0.1, -0.05) is 11.6 Å². The molecule has 0 saturated carbocycles. The summed E-state index contributed by atoms with van der Waals surface area (Å²) < 4.78 is 6.98. The van der Waals surface area contributed by atoms with Gasteiger partial charge in [-0.05, 0) is 30.3 Å². The van der Waals surface area contributed by atoms with Gasteiger partial charge in [0.1, 0.15) is 5.75 Å². The van der Waals surface area contributed by atoms with Gasteiger partial charge in [-0.3, -0.25) is 9.59 Å². The number of nitrogens with two attached hydrogens (primary N) is 1. The number of anilines is 2. The molecule has 9 heteroatoms. The fourth-order valence-corrected chi connectivity index (χ4v) is 2.60. The predicted molar refractivity (Wildman–Crippen MR) is 98.0 cm³/mol. The van der Waals surface area contributed by atoms with Crippen molar-refractivity contribution in [1.82, 2.24) is 14.9 Å². The number of halogens is 1. The van der Waals surface area contributed by atoms with E-state index < -0.39 is 5.91 Å². The number of likely N-dealkylation sites (N-methyl/N-ethyl adjacent to an activating group) is 1. The molecular formula is C17H16ClN5O3. The van der Waals surface area contributed by atoms with Crippen LogP contribution < -0.4 is 21.1 Å². The van der Waals surface area contributed by atoms with Gasteiger partial charge in [0.05, 0.1) is 28.0 Å². The number of hydrogen-bond acceptors (Lipinski definition) is 5. The first-order valence-electron chi connectivity index (χ1n) is 7.65. The summed E-state index contributed by atoms with van der Waals surface area (Å²) in [4.78, 5) is 23.0. The quantitative estimate of drug-likeness (QED) is 0.611. The lowest BCUT2D eigenvalue weighted by atomic mass is 10.2. The van der Waals surface area contributed by atoms with Crippen LogP contribution in [0, 0.1) is 0 Å². The van der Waals surface area contributed by atoms with E-state index in [4.69, 9.17) is 22.1 Å². The number of ether oxygens (including phenoxy) is 1. The summed E-state index contributed by atoms with van der Waals surface area (Å²) in [6.45, 7) is -0.135. The van der Waals surface area contributed by atoms with E-state index in [0.717, 1.165) is 0 Å². The average molecular weight is 374 g/mol. The lowest BCUT2D eigenvalue weighted by Gasteiger charge is -2.13. The van der Waals surface area contributed by atoms with Crippen LogP contribution in [0.1, 0.15) is 10.4 Å². The number of nitrogens with zero attached hydrogens (tertiary/aromatic N) is 2. The van der Waals surface area contributed by atoms with Crippen molar-refractivity contribution in [2.24, 2.45) is 5.73 Å². The number of aromatic nitrogens is 2. The van der Waals surface area contributed by atoms with Crippen molar-refractivity contribution in [3.8, 4) is 5.75 Å². The van der Waals surface area contributed by atoms with E-state index in [0.29, 0.717) is 27.7 Å². The Morgan fingerprint density at radius 2 is 2.15 bits per heavy atom. The van der Waals surface area contributed by atoms with Gasteiger partial charge >= 0.3 is 0 Å². The third-order valence-electron chi connectivity index (χ3n) is 3.67. The highest BCUT2D eigenvalue weighted by Crippen LogP contribution is 2.31. The molecule has 2 amide bonds. The maximum atomic E-state index is 11.7. The zero-order valence-corrected chi connectivity index (χ0v) is 14.6. The van der Waals surface area contributed by atoms with E-state index >= 15 is 0 Å². The van der Waals surface area contributed by atoms with Gasteiger partial charge in [-0.15, -0.1) is 0 Å². The van der Waals surface area contributed by atoms with Crippen LogP contribution in [0.15, 0.2) is 42.7 Å². The number of carbonyl (C=O) groups excluding carboxylic acids is 2. The standard InChI is InChI=1S/C17H16ClN5O3/c1-20-15(24)9-26-14-5-4-10(7-12(14)18)22-16-11(17(19)25)8-21-23-6-2-3-13(16)23/h2-8,22H,9H2,1H3,(H2,19,25)(H,20,24). The van der Waals surface area contributed by atoms with Crippen LogP contribution in [0.3, 0.4) is 0 Å². The van der Waals surface area contributed by atoms with Gasteiger partial charge in [0.25, 0.3) is 11.8 Å².